The Morgan fingerprint density at radius 3 is 1.00 bits per heavy atom. The minimum absolute atomic E-state index is 0.304. The van der Waals surface area contributed by atoms with E-state index < -0.39 is 29.8 Å². The number of benzene rings is 6. The summed E-state index contributed by atoms with van der Waals surface area (Å²) in [6, 6.07) is 49.7. The number of alkyl halides is 1. The smallest absolute Gasteiger partial charge is 0.330 e. The highest BCUT2D eigenvalue weighted by molar-refractivity contribution is 14.1. The number of fused-ring (bicyclic) bond motifs is 9. The maximum atomic E-state index is 13.9. The molecule has 0 heterocycles. The molecule has 6 aromatic rings. The Hall–Kier alpha value is -4.99. The van der Waals surface area contributed by atoms with Gasteiger partial charge in [-0.1, -0.05) is 261 Å². The number of unbranched alkanes of at least 4 members (excludes halogenated alkanes) is 8. The van der Waals surface area contributed by atoms with Crippen molar-refractivity contribution in [1.82, 2.24) is 0 Å². The Morgan fingerprint density at radius 1 is 0.400 bits per heavy atom. The van der Waals surface area contributed by atoms with E-state index in [4.69, 9.17) is 9.05 Å². The number of rotatable bonds is 30. The number of hydrogen-bond donors (Lipinski definition) is 1. The number of ketones is 2. The SMILES string of the molecule is CCCCC(=O)C1(CCCCI)c2ccccc2-c2ccccc21.CCCCCC1(C(=O)O)c2ccccc2-c2ccccc21.CCCCOP(=O)(CCCCC1(C(=O)CCCC)c2ccccc2-c2ccccc21)OCCCC. The second-order valence-corrected chi connectivity index (χ2v) is 25.4. The van der Waals surface area contributed by atoms with E-state index in [9.17, 15) is 24.1 Å². The number of halogens is 1. The lowest BCUT2D eigenvalue weighted by Gasteiger charge is -2.31. The van der Waals surface area contributed by atoms with Crippen LogP contribution in [-0.2, 0) is 44.2 Å². The van der Waals surface area contributed by atoms with E-state index in [2.05, 4.69) is 142 Å². The molecule has 0 unspecified atom stereocenters. The van der Waals surface area contributed by atoms with Gasteiger partial charge in [-0.15, -0.1) is 0 Å². The lowest BCUT2D eigenvalue weighted by atomic mass is 9.70. The summed E-state index contributed by atoms with van der Waals surface area (Å²) in [6.45, 7) is 11.6. The van der Waals surface area contributed by atoms with Gasteiger partial charge in [-0.25, -0.2) is 0 Å². The van der Waals surface area contributed by atoms with Gasteiger partial charge in [0.05, 0.1) is 30.2 Å². The van der Waals surface area contributed by atoms with Crippen LogP contribution in [0.5, 0.6) is 0 Å². The number of carboxylic acids is 1. The molecule has 0 amide bonds. The Balaban J connectivity index is 0.000000180. The summed E-state index contributed by atoms with van der Waals surface area (Å²) in [5, 5.41) is 10.1. The first-order valence-corrected chi connectivity index (χ1v) is 33.6. The quantitative estimate of drug-likeness (QED) is 0.0207. The van der Waals surface area contributed by atoms with E-state index in [-0.39, 0.29) is 0 Å². The van der Waals surface area contributed by atoms with Gasteiger partial charge in [0, 0.05) is 12.8 Å². The van der Waals surface area contributed by atoms with Crippen LogP contribution in [0.25, 0.3) is 33.4 Å². The number of aliphatic carboxylic acids is 1. The maximum Gasteiger partial charge on any atom is 0.330 e. The molecule has 6 aromatic carbocycles. The molecule has 0 saturated carbocycles. The van der Waals surface area contributed by atoms with Gasteiger partial charge in [-0.05, 0) is 129 Å². The topological polar surface area (TPSA) is 107 Å². The third-order valence-electron chi connectivity index (χ3n) is 16.9. The highest BCUT2D eigenvalue weighted by atomic mass is 127. The molecule has 0 bridgehead atoms. The van der Waals surface area contributed by atoms with E-state index in [1.54, 1.807) is 0 Å². The monoisotopic (exact) mass is 1210 g/mol. The minimum atomic E-state index is -3.12. The third kappa shape index (κ3) is 13.4. The number of carbonyl (C=O) groups is 3. The van der Waals surface area contributed by atoms with Gasteiger partial charge in [0.25, 0.3) is 0 Å². The number of carbonyl (C=O) groups excluding carboxylic acids is 2. The van der Waals surface area contributed by atoms with Crippen molar-refractivity contribution in [2.45, 2.75) is 179 Å². The molecular weight excluding hydrogens is 1120 g/mol. The average molecular weight is 1210 g/mol. The second-order valence-electron chi connectivity index (χ2n) is 22.1. The van der Waals surface area contributed by atoms with Crippen molar-refractivity contribution < 1.29 is 33.1 Å². The fourth-order valence-corrected chi connectivity index (χ4v) is 15.1. The van der Waals surface area contributed by atoms with Crippen LogP contribution in [0.15, 0.2) is 146 Å². The first kappa shape index (κ1) is 62.6. The second kappa shape index (κ2) is 30.4. The molecule has 9 heteroatoms. The van der Waals surface area contributed by atoms with Crippen LogP contribution in [0.2, 0.25) is 0 Å². The molecule has 0 aromatic heterocycles. The van der Waals surface area contributed by atoms with E-state index in [0.29, 0.717) is 63.0 Å². The zero-order valence-electron chi connectivity index (χ0n) is 48.5. The van der Waals surface area contributed by atoms with Crippen molar-refractivity contribution >= 4 is 47.7 Å². The summed E-state index contributed by atoms with van der Waals surface area (Å²) in [6.07, 6.45) is 18.6. The number of hydrogen-bond acceptors (Lipinski definition) is 6. The summed E-state index contributed by atoms with van der Waals surface area (Å²) in [7, 11) is -3.12. The Bertz CT molecular complexity index is 2880. The van der Waals surface area contributed by atoms with E-state index in [0.717, 1.165) is 128 Å². The fourth-order valence-electron chi connectivity index (χ4n) is 12.8. The van der Waals surface area contributed by atoms with Crippen LogP contribution < -0.4 is 0 Å². The number of carboxylic acid groups (broad SMARTS) is 1. The van der Waals surface area contributed by atoms with Crippen LogP contribution in [0.4, 0.5) is 0 Å². The van der Waals surface area contributed by atoms with Crippen LogP contribution in [0, 0.1) is 0 Å². The highest BCUT2D eigenvalue weighted by Gasteiger charge is 2.50. The van der Waals surface area contributed by atoms with Gasteiger partial charge >= 0.3 is 13.6 Å². The Morgan fingerprint density at radius 2 is 0.688 bits per heavy atom. The molecule has 3 aliphatic rings. The van der Waals surface area contributed by atoms with Crippen molar-refractivity contribution in [3.8, 4) is 33.4 Å². The zero-order valence-corrected chi connectivity index (χ0v) is 51.6. The van der Waals surface area contributed by atoms with Gasteiger partial charge in [-0.3, -0.25) is 18.9 Å². The van der Waals surface area contributed by atoms with Crippen molar-refractivity contribution in [1.29, 1.82) is 0 Å². The zero-order chi connectivity index (χ0) is 57.0. The maximum absolute atomic E-state index is 13.9. The summed E-state index contributed by atoms with van der Waals surface area (Å²) >= 11 is 2.43. The van der Waals surface area contributed by atoms with Gasteiger partial charge in [0.15, 0.2) is 0 Å². The van der Waals surface area contributed by atoms with E-state index in [1.807, 2.05) is 60.7 Å². The van der Waals surface area contributed by atoms with Crippen LogP contribution in [-0.4, -0.2) is 46.4 Å². The molecular formula is C71H88IO7P. The molecule has 0 radical (unpaired) electrons. The van der Waals surface area contributed by atoms with E-state index >= 15 is 0 Å². The predicted octanol–water partition coefficient (Wildman–Crippen LogP) is 19.6. The van der Waals surface area contributed by atoms with Crippen molar-refractivity contribution in [2.24, 2.45) is 0 Å². The predicted molar refractivity (Wildman–Crippen MR) is 340 cm³/mol. The molecule has 426 valence electrons. The largest absolute Gasteiger partial charge is 0.480 e. The van der Waals surface area contributed by atoms with E-state index in [1.165, 1.54) is 39.8 Å². The van der Waals surface area contributed by atoms with Crippen molar-refractivity contribution in [2.75, 3.05) is 23.8 Å². The molecule has 0 saturated heterocycles. The van der Waals surface area contributed by atoms with Crippen LogP contribution in [0.1, 0.15) is 196 Å². The minimum Gasteiger partial charge on any atom is -0.480 e. The standard InChI is InChI=1S/C30H43O4P.C22H25IO.C19H20O2/c1-4-7-20-29(31)30(27-18-12-10-16-25(27)26-17-11-13-19-28(26)30)21-14-15-24-35(32,33-22-8-5-2)34-23-9-6-3;1-2-3-14-21(24)22(15-8-9-16-23)19-12-6-4-10-17(19)18-11-5-7-13-20(18)22;1-2-3-8-13-19(18(20)21)16-11-6-4-9-14(16)15-10-5-7-12-17(15)19/h10-13,16-19H,4-9,14-15,20-24H2,1-3H3;4-7,10-13H,2-3,8-9,14-16H2,1H3;4-7,9-12H,2-3,8,13H2,1H3,(H,20,21). The van der Waals surface area contributed by atoms with Crippen molar-refractivity contribution in [3.05, 3.63) is 179 Å². The molecule has 0 atom stereocenters. The van der Waals surface area contributed by atoms with Gasteiger partial charge in [-0.2, -0.15) is 0 Å². The normalized spacial score (nSPS) is 14.2. The summed E-state index contributed by atoms with van der Waals surface area (Å²) in [5.41, 5.74) is 11.7. The highest BCUT2D eigenvalue weighted by Crippen LogP contribution is 2.56. The first-order chi connectivity index (χ1) is 39.0. The molecule has 3 aliphatic carbocycles. The Kier molecular flexibility index (Phi) is 23.8. The van der Waals surface area contributed by atoms with Crippen LogP contribution in [0.3, 0.4) is 0 Å². The molecule has 7 nitrogen and oxygen atoms in total. The Labute approximate surface area is 493 Å². The summed E-state index contributed by atoms with van der Waals surface area (Å²) in [5.74, 6) is -0.00969. The molecule has 1 N–H and O–H groups in total. The molecule has 80 heavy (non-hydrogen) atoms. The fraction of sp³-hybridized carbons (Fsp3) is 0.451. The van der Waals surface area contributed by atoms with Crippen LogP contribution >= 0.6 is 30.2 Å². The lowest BCUT2D eigenvalue weighted by Crippen LogP contribution is -2.35. The molecule has 9 rings (SSSR count). The molecule has 0 aliphatic heterocycles. The average Bonchev–Trinajstić information content (AvgIpc) is 4.23. The van der Waals surface area contributed by atoms with Gasteiger partial charge in [0.2, 0.25) is 0 Å². The summed E-state index contributed by atoms with van der Waals surface area (Å²) < 4.78 is 26.1. The third-order valence-corrected chi connectivity index (χ3v) is 19.7. The van der Waals surface area contributed by atoms with Gasteiger partial charge in [0.1, 0.15) is 17.0 Å². The summed E-state index contributed by atoms with van der Waals surface area (Å²) in [4.78, 5) is 39.6. The van der Waals surface area contributed by atoms with Crippen molar-refractivity contribution in [3.63, 3.8) is 0 Å². The number of Topliss-reactive ketones (excluding diaryl/α,β-unsaturated/α-hetero) is 2. The molecule has 0 spiro atoms. The molecule has 0 fully saturated rings. The van der Waals surface area contributed by atoms with Gasteiger partial charge < -0.3 is 14.2 Å². The first-order valence-electron chi connectivity index (χ1n) is 30.3. The lowest BCUT2D eigenvalue weighted by molar-refractivity contribution is -0.142.